The number of hydrogen-bond donors (Lipinski definition) is 1. The summed E-state index contributed by atoms with van der Waals surface area (Å²) in [5.41, 5.74) is 2.10. The van der Waals surface area contributed by atoms with Crippen LogP contribution in [0.5, 0.6) is 5.75 Å². The van der Waals surface area contributed by atoms with Crippen LogP contribution in [0, 0.1) is 0 Å². The second-order valence-corrected chi connectivity index (χ2v) is 8.23. The number of nitrogens with one attached hydrogen (secondary N) is 1. The highest BCUT2D eigenvalue weighted by atomic mass is 32.2. The minimum atomic E-state index is -3.65. The normalized spacial score (nSPS) is 12.1. The Labute approximate surface area is 166 Å². The van der Waals surface area contributed by atoms with E-state index in [4.69, 9.17) is 4.74 Å². The van der Waals surface area contributed by atoms with Gasteiger partial charge in [-0.1, -0.05) is 31.7 Å². The average Bonchev–Trinajstić information content (AvgIpc) is 2.67. The standard InChI is InChI=1S/C21H26N2O4S/c1-5-15-27-20-13-9-18(10-14-20)22-21(24)16(3)23(28(4,25)26)19-11-7-17(6-2)8-12-19/h5,7-14,16H,1,6,15H2,2-4H3,(H,22,24)/t16-/m0/s1. The quantitative estimate of drug-likeness (QED) is 0.650. The Morgan fingerprint density at radius 3 is 2.29 bits per heavy atom. The summed E-state index contributed by atoms with van der Waals surface area (Å²) in [7, 11) is -3.65. The Morgan fingerprint density at radius 2 is 1.79 bits per heavy atom. The Kier molecular flexibility index (Phi) is 7.23. The van der Waals surface area contributed by atoms with Gasteiger partial charge in [0.25, 0.3) is 0 Å². The first-order chi connectivity index (χ1) is 13.3. The molecule has 0 heterocycles. The molecule has 0 unspecified atom stereocenters. The summed E-state index contributed by atoms with van der Waals surface area (Å²) >= 11 is 0. The number of amides is 1. The van der Waals surface area contributed by atoms with Gasteiger partial charge < -0.3 is 10.1 Å². The molecule has 0 radical (unpaired) electrons. The molecule has 1 N–H and O–H groups in total. The molecule has 1 atom stereocenters. The van der Waals surface area contributed by atoms with Gasteiger partial charge in [-0.2, -0.15) is 0 Å². The van der Waals surface area contributed by atoms with Crippen LogP contribution in [0.15, 0.2) is 61.2 Å². The fourth-order valence-corrected chi connectivity index (χ4v) is 3.90. The molecule has 1 amide bonds. The van der Waals surface area contributed by atoms with Gasteiger partial charge in [0.2, 0.25) is 15.9 Å². The number of carbonyl (C=O) groups excluding carboxylic acids is 1. The van der Waals surface area contributed by atoms with Crippen LogP contribution in [0.25, 0.3) is 0 Å². The van der Waals surface area contributed by atoms with Crippen molar-refractivity contribution in [3.8, 4) is 5.75 Å². The van der Waals surface area contributed by atoms with Gasteiger partial charge in [0.05, 0.1) is 11.9 Å². The number of ether oxygens (including phenoxy) is 1. The molecule has 0 aromatic heterocycles. The van der Waals surface area contributed by atoms with E-state index in [1.54, 1.807) is 49.4 Å². The summed E-state index contributed by atoms with van der Waals surface area (Å²) in [5.74, 6) is 0.226. The summed E-state index contributed by atoms with van der Waals surface area (Å²) in [4.78, 5) is 12.7. The third-order valence-corrected chi connectivity index (χ3v) is 5.42. The molecule has 0 aliphatic heterocycles. The molecule has 2 aromatic carbocycles. The van der Waals surface area contributed by atoms with Crippen LogP contribution in [-0.2, 0) is 21.2 Å². The molecule has 2 aromatic rings. The van der Waals surface area contributed by atoms with Crippen LogP contribution in [0.1, 0.15) is 19.4 Å². The molecular weight excluding hydrogens is 376 g/mol. The lowest BCUT2D eigenvalue weighted by atomic mass is 10.1. The van der Waals surface area contributed by atoms with Crippen LogP contribution in [0.3, 0.4) is 0 Å². The predicted molar refractivity (Wildman–Crippen MR) is 113 cm³/mol. The summed E-state index contributed by atoms with van der Waals surface area (Å²) in [6.45, 7) is 7.56. The first kappa shape index (κ1) is 21.5. The van der Waals surface area contributed by atoms with E-state index >= 15 is 0 Å². The van der Waals surface area contributed by atoms with Crippen molar-refractivity contribution in [2.24, 2.45) is 0 Å². The number of carbonyl (C=O) groups is 1. The Balaban J connectivity index is 2.18. The third-order valence-electron chi connectivity index (χ3n) is 4.18. The van der Waals surface area contributed by atoms with Gasteiger partial charge in [-0.05, 0) is 55.3 Å². The van der Waals surface area contributed by atoms with Crippen LogP contribution < -0.4 is 14.4 Å². The van der Waals surface area contributed by atoms with E-state index in [9.17, 15) is 13.2 Å². The number of rotatable bonds is 9. The number of anilines is 2. The fourth-order valence-electron chi connectivity index (χ4n) is 2.72. The summed E-state index contributed by atoms with van der Waals surface area (Å²) in [5, 5.41) is 2.75. The minimum Gasteiger partial charge on any atom is -0.490 e. The topological polar surface area (TPSA) is 75.7 Å². The van der Waals surface area contributed by atoms with E-state index in [-0.39, 0.29) is 0 Å². The van der Waals surface area contributed by atoms with Gasteiger partial charge in [0.15, 0.2) is 0 Å². The molecule has 0 saturated heterocycles. The smallest absolute Gasteiger partial charge is 0.247 e. The van der Waals surface area contributed by atoms with Crippen molar-refractivity contribution >= 4 is 27.3 Å². The molecule has 2 rings (SSSR count). The third kappa shape index (κ3) is 5.60. The second-order valence-electron chi connectivity index (χ2n) is 6.37. The molecular formula is C21H26N2O4S. The highest BCUT2D eigenvalue weighted by Crippen LogP contribution is 2.23. The van der Waals surface area contributed by atoms with Crippen molar-refractivity contribution in [2.45, 2.75) is 26.3 Å². The van der Waals surface area contributed by atoms with E-state index in [1.807, 2.05) is 19.1 Å². The zero-order chi connectivity index (χ0) is 20.7. The molecule has 7 heteroatoms. The predicted octanol–water partition coefficient (Wildman–Crippen LogP) is 3.61. The molecule has 6 nitrogen and oxygen atoms in total. The van der Waals surface area contributed by atoms with Crippen LogP contribution >= 0.6 is 0 Å². The zero-order valence-corrected chi connectivity index (χ0v) is 17.2. The van der Waals surface area contributed by atoms with Crippen LogP contribution in [0.4, 0.5) is 11.4 Å². The maximum absolute atomic E-state index is 12.7. The van der Waals surface area contributed by atoms with Gasteiger partial charge in [-0.15, -0.1) is 0 Å². The molecule has 28 heavy (non-hydrogen) atoms. The number of sulfonamides is 1. The van der Waals surface area contributed by atoms with Gasteiger partial charge in [0, 0.05) is 5.69 Å². The summed E-state index contributed by atoms with van der Waals surface area (Å²) in [6.07, 6.45) is 3.59. The van der Waals surface area contributed by atoms with Gasteiger partial charge in [-0.25, -0.2) is 8.42 Å². The lowest BCUT2D eigenvalue weighted by Crippen LogP contribution is -2.45. The van der Waals surface area contributed by atoms with E-state index in [1.165, 1.54) is 0 Å². The maximum atomic E-state index is 12.7. The lowest BCUT2D eigenvalue weighted by molar-refractivity contribution is -0.116. The molecule has 0 bridgehead atoms. The first-order valence-electron chi connectivity index (χ1n) is 8.99. The van der Waals surface area contributed by atoms with E-state index in [0.29, 0.717) is 23.7 Å². The molecule has 0 fully saturated rings. The number of benzene rings is 2. The van der Waals surface area contributed by atoms with Crippen molar-refractivity contribution in [3.05, 3.63) is 66.7 Å². The van der Waals surface area contributed by atoms with Crippen molar-refractivity contribution in [1.29, 1.82) is 0 Å². The number of aryl methyl sites for hydroxylation is 1. The monoisotopic (exact) mass is 402 g/mol. The maximum Gasteiger partial charge on any atom is 0.247 e. The van der Waals surface area contributed by atoms with Gasteiger partial charge >= 0.3 is 0 Å². The number of hydrogen-bond acceptors (Lipinski definition) is 4. The van der Waals surface area contributed by atoms with Crippen LogP contribution in [0.2, 0.25) is 0 Å². The SMILES string of the molecule is C=CCOc1ccc(NC(=O)[C@H](C)N(c2ccc(CC)cc2)S(C)(=O)=O)cc1. The van der Waals surface area contributed by atoms with Crippen LogP contribution in [-0.4, -0.2) is 33.2 Å². The van der Waals surface area contributed by atoms with Gasteiger partial charge in [0.1, 0.15) is 18.4 Å². The molecule has 150 valence electrons. The zero-order valence-electron chi connectivity index (χ0n) is 16.4. The van der Waals surface area contributed by atoms with Gasteiger partial charge in [-0.3, -0.25) is 9.10 Å². The Morgan fingerprint density at radius 1 is 1.18 bits per heavy atom. The van der Waals surface area contributed by atoms with Crippen molar-refractivity contribution < 1.29 is 17.9 Å². The molecule has 0 saturated carbocycles. The van der Waals surface area contributed by atoms with E-state index in [0.717, 1.165) is 22.5 Å². The van der Waals surface area contributed by atoms with Crippen molar-refractivity contribution in [3.63, 3.8) is 0 Å². The van der Waals surface area contributed by atoms with Crippen molar-refractivity contribution in [1.82, 2.24) is 0 Å². The minimum absolute atomic E-state index is 0.392. The van der Waals surface area contributed by atoms with Crippen molar-refractivity contribution in [2.75, 3.05) is 22.5 Å². The highest BCUT2D eigenvalue weighted by molar-refractivity contribution is 7.92. The molecule has 0 spiro atoms. The summed E-state index contributed by atoms with van der Waals surface area (Å²) in [6, 6.07) is 13.1. The first-order valence-corrected chi connectivity index (χ1v) is 10.8. The Hall–Kier alpha value is -2.80. The Bertz CT molecular complexity index is 906. The average molecular weight is 403 g/mol. The summed E-state index contributed by atoms with van der Waals surface area (Å²) < 4.78 is 31.2. The number of nitrogens with zero attached hydrogens (tertiary/aromatic N) is 1. The van der Waals surface area contributed by atoms with E-state index in [2.05, 4.69) is 11.9 Å². The van der Waals surface area contributed by atoms with E-state index < -0.39 is 22.0 Å². The highest BCUT2D eigenvalue weighted by Gasteiger charge is 2.29. The fraction of sp³-hybridized carbons (Fsp3) is 0.286. The second kappa shape index (κ2) is 9.41. The largest absolute Gasteiger partial charge is 0.490 e. The molecule has 0 aliphatic carbocycles. The molecule has 0 aliphatic rings. The lowest BCUT2D eigenvalue weighted by Gasteiger charge is -2.28.